The number of methoxy groups -OCH3 is 1. The van der Waals surface area contributed by atoms with E-state index in [0.29, 0.717) is 6.54 Å². The number of carbonyl (C=O) groups is 1. The lowest BCUT2D eigenvalue weighted by Crippen LogP contribution is -2.41. The number of imidazole rings is 1. The molecule has 6 heteroatoms. The predicted octanol–water partition coefficient (Wildman–Crippen LogP) is 3.98. The van der Waals surface area contributed by atoms with Crippen LogP contribution in [0, 0.1) is 0 Å². The third kappa shape index (κ3) is 3.35. The normalized spacial score (nSPS) is 17.3. The summed E-state index contributed by atoms with van der Waals surface area (Å²) >= 11 is 0. The average molecular weight is 350 g/mol. The molecule has 3 aromatic rings. The topological polar surface area (TPSA) is 70.2 Å². The molecular formula is C20H22N4O2. The molecule has 2 aromatic carbocycles. The van der Waals surface area contributed by atoms with Crippen LogP contribution in [-0.4, -0.2) is 41.1 Å². The largest absolute Gasteiger partial charge is 0.497 e. The zero-order chi connectivity index (χ0) is 17.9. The summed E-state index contributed by atoms with van der Waals surface area (Å²) < 4.78 is 5.21. The maximum atomic E-state index is 12.7. The van der Waals surface area contributed by atoms with Gasteiger partial charge in [-0.2, -0.15) is 0 Å². The van der Waals surface area contributed by atoms with Crippen molar-refractivity contribution in [3.63, 3.8) is 0 Å². The molecule has 26 heavy (non-hydrogen) atoms. The highest BCUT2D eigenvalue weighted by Gasteiger charge is 2.26. The molecule has 1 aromatic heterocycles. The number of urea groups is 1. The van der Waals surface area contributed by atoms with Crippen molar-refractivity contribution in [3.8, 4) is 5.75 Å². The first kappa shape index (κ1) is 16.4. The van der Waals surface area contributed by atoms with Crippen LogP contribution < -0.4 is 10.1 Å². The van der Waals surface area contributed by atoms with Crippen molar-refractivity contribution in [1.29, 1.82) is 0 Å². The van der Waals surface area contributed by atoms with Crippen LogP contribution in [0.3, 0.4) is 0 Å². The SMILES string of the molecule is COc1cccc(NC(=O)N2CCCC(c3nc4ccccc4[nH]3)C2)c1. The number of hydrogen-bond acceptors (Lipinski definition) is 3. The van der Waals surface area contributed by atoms with Crippen LogP contribution in [0.15, 0.2) is 48.5 Å². The van der Waals surface area contributed by atoms with Crippen LogP contribution in [-0.2, 0) is 0 Å². The van der Waals surface area contributed by atoms with Crippen LogP contribution in [0.1, 0.15) is 24.6 Å². The molecule has 0 bridgehead atoms. The number of anilines is 1. The summed E-state index contributed by atoms with van der Waals surface area (Å²) in [5.74, 6) is 1.92. The van der Waals surface area contributed by atoms with E-state index in [0.717, 1.165) is 47.7 Å². The third-order valence-corrected chi connectivity index (χ3v) is 4.82. The Labute approximate surface area is 152 Å². The van der Waals surface area contributed by atoms with Crippen LogP contribution >= 0.6 is 0 Å². The minimum atomic E-state index is -0.0842. The molecule has 2 N–H and O–H groups in total. The lowest BCUT2D eigenvalue weighted by atomic mass is 9.97. The highest BCUT2D eigenvalue weighted by Crippen LogP contribution is 2.27. The number of para-hydroxylation sites is 2. The second-order valence-electron chi connectivity index (χ2n) is 6.59. The van der Waals surface area contributed by atoms with E-state index < -0.39 is 0 Å². The van der Waals surface area contributed by atoms with Crippen molar-refractivity contribution in [3.05, 3.63) is 54.4 Å². The molecule has 0 radical (unpaired) electrons. The first-order valence-corrected chi connectivity index (χ1v) is 8.87. The van der Waals surface area contributed by atoms with Gasteiger partial charge in [-0.1, -0.05) is 18.2 Å². The van der Waals surface area contributed by atoms with E-state index in [1.54, 1.807) is 7.11 Å². The van der Waals surface area contributed by atoms with E-state index in [4.69, 9.17) is 9.72 Å². The minimum Gasteiger partial charge on any atom is -0.497 e. The number of rotatable bonds is 3. The summed E-state index contributed by atoms with van der Waals surface area (Å²) in [4.78, 5) is 22.6. The average Bonchev–Trinajstić information content (AvgIpc) is 3.12. The van der Waals surface area contributed by atoms with Crippen molar-refractivity contribution in [2.24, 2.45) is 0 Å². The number of nitrogens with one attached hydrogen (secondary N) is 2. The maximum Gasteiger partial charge on any atom is 0.321 e. The van der Waals surface area contributed by atoms with Crippen molar-refractivity contribution in [2.75, 3.05) is 25.5 Å². The second-order valence-corrected chi connectivity index (χ2v) is 6.59. The van der Waals surface area contributed by atoms with Gasteiger partial charge >= 0.3 is 6.03 Å². The quantitative estimate of drug-likeness (QED) is 0.750. The number of likely N-dealkylation sites (tertiary alicyclic amines) is 1. The number of aromatic nitrogens is 2. The molecule has 1 aliphatic rings. The second kappa shape index (κ2) is 7.07. The van der Waals surface area contributed by atoms with Gasteiger partial charge in [0.2, 0.25) is 0 Å². The molecule has 134 valence electrons. The first-order chi connectivity index (χ1) is 12.7. The van der Waals surface area contributed by atoms with Crippen molar-refractivity contribution >= 4 is 22.8 Å². The molecule has 1 saturated heterocycles. The van der Waals surface area contributed by atoms with E-state index in [9.17, 15) is 4.79 Å². The van der Waals surface area contributed by atoms with Gasteiger partial charge in [-0.3, -0.25) is 0 Å². The van der Waals surface area contributed by atoms with Gasteiger partial charge in [0.05, 0.1) is 18.1 Å². The fraction of sp³-hybridized carbons (Fsp3) is 0.300. The predicted molar refractivity (Wildman–Crippen MR) is 102 cm³/mol. The molecule has 2 heterocycles. The number of H-pyrrole nitrogens is 1. The molecule has 6 nitrogen and oxygen atoms in total. The zero-order valence-electron chi connectivity index (χ0n) is 14.7. The number of piperidine rings is 1. The maximum absolute atomic E-state index is 12.7. The Morgan fingerprint density at radius 2 is 2.15 bits per heavy atom. The van der Waals surface area contributed by atoms with Crippen molar-refractivity contribution in [1.82, 2.24) is 14.9 Å². The molecule has 0 spiro atoms. The number of aromatic amines is 1. The van der Waals surface area contributed by atoms with Gasteiger partial charge < -0.3 is 19.9 Å². The number of hydrogen-bond donors (Lipinski definition) is 2. The van der Waals surface area contributed by atoms with Gasteiger partial charge in [-0.05, 0) is 37.1 Å². The van der Waals surface area contributed by atoms with E-state index in [-0.39, 0.29) is 11.9 Å². The van der Waals surface area contributed by atoms with Gasteiger partial charge in [-0.15, -0.1) is 0 Å². The highest BCUT2D eigenvalue weighted by molar-refractivity contribution is 5.89. The molecule has 2 amide bonds. The fourth-order valence-electron chi connectivity index (χ4n) is 3.45. The van der Waals surface area contributed by atoms with Crippen LogP contribution in [0.5, 0.6) is 5.75 Å². The Balaban J connectivity index is 1.46. The summed E-state index contributed by atoms with van der Waals surface area (Å²) in [7, 11) is 1.61. The molecular weight excluding hydrogens is 328 g/mol. The van der Waals surface area contributed by atoms with Crippen molar-refractivity contribution < 1.29 is 9.53 Å². The van der Waals surface area contributed by atoms with Crippen LogP contribution in [0.25, 0.3) is 11.0 Å². The van der Waals surface area contributed by atoms with Gasteiger partial charge in [0.15, 0.2) is 0 Å². The van der Waals surface area contributed by atoms with E-state index >= 15 is 0 Å². The first-order valence-electron chi connectivity index (χ1n) is 8.87. The zero-order valence-corrected chi connectivity index (χ0v) is 14.7. The van der Waals surface area contributed by atoms with Gasteiger partial charge in [-0.25, -0.2) is 9.78 Å². The summed E-state index contributed by atoms with van der Waals surface area (Å²) in [5.41, 5.74) is 2.75. The van der Waals surface area contributed by atoms with Crippen molar-refractivity contribution in [2.45, 2.75) is 18.8 Å². The van der Waals surface area contributed by atoms with E-state index in [1.807, 2.05) is 53.4 Å². The monoisotopic (exact) mass is 350 g/mol. The Morgan fingerprint density at radius 3 is 3.00 bits per heavy atom. The summed E-state index contributed by atoms with van der Waals surface area (Å²) in [6.07, 6.45) is 2.00. The Kier molecular flexibility index (Phi) is 4.48. The van der Waals surface area contributed by atoms with Gasteiger partial charge in [0, 0.05) is 30.8 Å². The number of amides is 2. The van der Waals surface area contributed by atoms with Crippen LogP contribution in [0.4, 0.5) is 10.5 Å². The lowest BCUT2D eigenvalue weighted by molar-refractivity contribution is 0.191. The molecule has 1 unspecified atom stereocenters. The van der Waals surface area contributed by atoms with E-state index in [1.165, 1.54) is 0 Å². The number of benzene rings is 2. The number of nitrogens with zero attached hydrogens (tertiary/aromatic N) is 2. The number of carbonyl (C=O) groups excluding carboxylic acids is 1. The number of fused-ring (bicyclic) bond motifs is 1. The Bertz CT molecular complexity index is 888. The van der Waals surface area contributed by atoms with Crippen LogP contribution in [0.2, 0.25) is 0 Å². The van der Waals surface area contributed by atoms with Gasteiger partial charge in [0.1, 0.15) is 11.6 Å². The number of ether oxygens (including phenoxy) is 1. The summed E-state index contributed by atoms with van der Waals surface area (Å²) in [6.45, 7) is 1.42. The van der Waals surface area contributed by atoms with E-state index in [2.05, 4.69) is 10.3 Å². The molecule has 1 aliphatic heterocycles. The molecule has 1 atom stereocenters. The molecule has 1 fully saturated rings. The lowest BCUT2D eigenvalue weighted by Gasteiger charge is -2.31. The fourth-order valence-corrected chi connectivity index (χ4v) is 3.45. The standard InChI is InChI=1S/C20H22N4O2/c1-26-16-8-4-7-15(12-16)21-20(25)24-11-5-6-14(13-24)19-22-17-9-2-3-10-18(17)23-19/h2-4,7-10,12,14H,5-6,11,13H2,1H3,(H,21,25)(H,22,23). The third-order valence-electron chi connectivity index (χ3n) is 4.82. The highest BCUT2D eigenvalue weighted by atomic mass is 16.5. The molecule has 0 saturated carbocycles. The summed E-state index contributed by atoms with van der Waals surface area (Å²) in [5, 5.41) is 2.96. The Hall–Kier alpha value is -3.02. The minimum absolute atomic E-state index is 0.0842. The molecule has 0 aliphatic carbocycles. The smallest absolute Gasteiger partial charge is 0.321 e. The summed E-state index contributed by atoms with van der Waals surface area (Å²) in [6, 6.07) is 15.3. The Morgan fingerprint density at radius 1 is 1.27 bits per heavy atom. The van der Waals surface area contributed by atoms with Gasteiger partial charge in [0.25, 0.3) is 0 Å². The molecule has 4 rings (SSSR count).